The minimum absolute atomic E-state index is 0.0940. The molecule has 0 saturated heterocycles. The molecule has 8 N–H and O–H groups in total. The molecule has 0 aromatic rings. The number of carbonyl (C=O) groups excluding carboxylic acids is 4. The molecule has 0 saturated carbocycles. The molecule has 30 heavy (non-hydrogen) atoms. The van der Waals surface area contributed by atoms with Crippen LogP contribution in [0.15, 0.2) is 0 Å². The molecule has 10 nitrogen and oxygen atoms in total. The van der Waals surface area contributed by atoms with Crippen molar-refractivity contribution in [2.45, 2.75) is 78.4 Å². The van der Waals surface area contributed by atoms with Gasteiger partial charge in [0.05, 0.1) is 12.6 Å². The van der Waals surface area contributed by atoms with Crippen molar-refractivity contribution in [2.75, 3.05) is 6.54 Å². The lowest BCUT2D eigenvalue weighted by Gasteiger charge is -2.25. The van der Waals surface area contributed by atoms with E-state index in [9.17, 15) is 19.2 Å². The summed E-state index contributed by atoms with van der Waals surface area (Å²) in [4.78, 5) is 51.1. The molecule has 10 heteroatoms. The van der Waals surface area contributed by atoms with Crippen LogP contribution in [0.5, 0.6) is 0 Å². The molecule has 0 aromatic carbocycles. The maximum atomic E-state index is 12.8. The molecule has 0 aromatic heterocycles. The summed E-state index contributed by atoms with van der Waals surface area (Å²) in [5, 5.41) is 8.06. The van der Waals surface area contributed by atoms with Crippen molar-refractivity contribution >= 4 is 30.0 Å². The Morgan fingerprint density at radius 3 is 1.83 bits per heavy atom. The van der Waals surface area contributed by atoms with Crippen LogP contribution in [0.4, 0.5) is 0 Å². The summed E-state index contributed by atoms with van der Waals surface area (Å²) < 4.78 is 0. The molecular weight excluding hydrogens is 388 g/mol. The van der Waals surface area contributed by atoms with Crippen LogP contribution in [0.3, 0.4) is 0 Å². The van der Waals surface area contributed by atoms with Crippen molar-refractivity contribution in [1.29, 1.82) is 0 Å². The Morgan fingerprint density at radius 1 is 0.900 bits per heavy atom. The maximum Gasteiger partial charge on any atom is 0.338 e. The van der Waals surface area contributed by atoms with Crippen molar-refractivity contribution in [3.8, 4) is 0 Å². The number of carbonyl (C=O) groups is 4. The number of hydrogen-bond donors (Lipinski definition) is 6. The zero-order valence-corrected chi connectivity index (χ0v) is 18.8. The Bertz CT molecular complexity index is 602. The zero-order chi connectivity index (χ0) is 23.3. The standard InChI is InChI=1S/C20H38N6O4/c1-12(2)9-16(24-14(5)28)19(30)26-17(10-13(3)4)18(29)25-15(11-27)7-6-8-23-20(21)22/h11-13,15-17H,6-10H2,1-5H3,(H,24,28)(H,25,29)(H,26,30)(H4,21,22,23)/p+1/t15?,16-,17-/m0/s1. The predicted molar refractivity (Wildman–Crippen MR) is 115 cm³/mol. The first-order chi connectivity index (χ1) is 14.0. The molecule has 0 fully saturated rings. The van der Waals surface area contributed by atoms with Crippen molar-refractivity contribution < 1.29 is 24.2 Å². The number of amides is 3. The average molecular weight is 428 g/mol. The second-order valence-electron chi connectivity index (χ2n) is 8.35. The molecule has 0 bridgehead atoms. The Balaban J connectivity index is 5.10. The number of aldehydes is 1. The van der Waals surface area contributed by atoms with Crippen LogP contribution in [0.25, 0.3) is 0 Å². The largest absolute Gasteiger partial charge is 0.345 e. The summed E-state index contributed by atoms with van der Waals surface area (Å²) in [5.74, 6) is -0.758. The van der Waals surface area contributed by atoms with Gasteiger partial charge >= 0.3 is 5.96 Å². The van der Waals surface area contributed by atoms with Crippen molar-refractivity contribution in [2.24, 2.45) is 23.3 Å². The summed E-state index contributed by atoms with van der Waals surface area (Å²) >= 11 is 0. The minimum Gasteiger partial charge on any atom is -0.345 e. The maximum absolute atomic E-state index is 12.8. The number of nitrogens with one attached hydrogen (secondary N) is 4. The molecule has 172 valence electrons. The first-order valence-electron chi connectivity index (χ1n) is 10.4. The summed E-state index contributed by atoms with van der Waals surface area (Å²) in [7, 11) is 0. The fraction of sp³-hybridized carbons (Fsp3) is 0.750. The summed E-state index contributed by atoms with van der Waals surface area (Å²) in [6.07, 6.45) is 2.49. The fourth-order valence-corrected chi connectivity index (χ4v) is 2.94. The molecule has 0 aliphatic rings. The topological polar surface area (TPSA) is 170 Å². The molecule has 0 aliphatic carbocycles. The normalized spacial score (nSPS) is 13.8. The highest BCUT2D eigenvalue weighted by Gasteiger charge is 2.28. The molecule has 0 aliphatic heterocycles. The van der Waals surface area contributed by atoms with Gasteiger partial charge in [-0.3, -0.25) is 30.8 Å². The highest BCUT2D eigenvalue weighted by atomic mass is 16.2. The van der Waals surface area contributed by atoms with E-state index in [2.05, 4.69) is 20.9 Å². The second kappa shape index (κ2) is 14.4. The Kier molecular flexibility index (Phi) is 13.1. The summed E-state index contributed by atoms with van der Waals surface area (Å²) in [6, 6.07) is -2.22. The van der Waals surface area contributed by atoms with Crippen LogP contribution in [0, 0.1) is 11.8 Å². The van der Waals surface area contributed by atoms with Gasteiger partial charge in [-0.05, 0) is 37.5 Å². The zero-order valence-electron chi connectivity index (χ0n) is 18.8. The van der Waals surface area contributed by atoms with E-state index < -0.39 is 29.9 Å². The van der Waals surface area contributed by atoms with Gasteiger partial charge in [0.1, 0.15) is 18.4 Å². The third kappa shape index (κ3) is 12.7. The van der Waals surface area contributed by atoms with Gasteiger partial charge in [-0.25, -0.2) is 0 Å². The number of rotatable bonds is 14. The lowest BCUT2D eigenvalue weighted by molar-refractivity contribution is -0.459. The minimum atomic E-state index is -0.811. The fourth-order valence-electron chi connectivity index (χ4n) is 2.94. The first kappa shape index (κ1) is 27.4. The molecular formula is C20H39N6O4+. The number of nitrogens with two attached hydrogens (primary N) is 2. The van der Waals surface area contributed by atoms with E-state index in [1.807, 2.05) is 27.7 Å². The van der Waals surface area contributed by atoms with Gasteiger partial charge in [0.25, 0.3) is 0 Å². The van der Waals surface area contributed by atoms with Crippen LogP contribution in [-0.2, 0) is 19.2 Å². The lowest BCUT2D eigenvalue weighted by atomic mass is 9.99. The van der Waals surface area contributed by atoms with Gasteiger partial charge in [-0.1, -0.05) is 27.7 Å². The van der Waals surface area contributed by atoms with E-state index in [-0.39, 0.29) is 23.7 Å². The smallest absolute Gasteiger partial charge is 0.338 e. The van der Waals surface area contributed by atoms with Crippen LogP contribution in [0.2, 0.25) is 0 Å². The monoisotopic (exact) mass is 427 g/mol. The second-order valence-corrected chi connectivity index (χ2v) is 8.35. The first-order valence-corrected chi connectivity index (χ1v) is 10.4. The predicted octanol–water partition coefficient (Wildman–Crippen LogP) is -2.11. The third-order valence-electron chi connectivity index (χ3n) is 4.25. The Labute approximate surface area is 179 Å². The average Bonchev–Trinajstić information content (AvgIpc) is 2.61. The highest BCUT2D eigenvalue weighted by molar-refractivity contribution is 5.92. The van der Waals surface area contributed by atoms with Gasteiger partial charge in [-0.15, -0.1) is 0 Å². The van der Waals surface area contributed by atoms with Crippen LogP contribution < -0.4 is 32.4 Å². The van der Waals surface area contributed by atoms with Gasteiger partial charge in [0.15, 0.2) is 0 Å². The van der Waals surface area contributed by atoms with Gasteiger partial charge in [0.2, 0.25) is 17.7 Å². The summed E-state index contributed by atoms with van der Waals surface area (Å²) in [5.41, 5.74) is 10.6. The number of guanidine groups is 1. The molecule has 0 rings (SSSR count). The quantitative estimate of drug-likeness (QED) is 0.0801. The van der Waals surface area contributed by atoms with Crippen molar-refractivity contribution in [1.82, 2.24) is 16.0 Å². The van der Waals surface area contributed by atoms with E-state index in [1.165, 1.54) is 6.92 Å². The van der Waals surface area contributed by atoms with Crippen LogP contribution in [-0.4, -0.2) is 54.6 Å². The molecule has 1 unspecified atom stereocenters. The summed E-state index contributed by atoms with van der Waals surface area (Å²) in [6.45, 7) is 9.58. The van der Waals surface area contributed by atoms with E-state index in [1.54, 1.807) is 0 Å². The lowest BCUT2D eigenvalue weighted by Crippen LogP contribution is -2.78. The van der Waals surface area contributed by atoms with Gasteiger partial charge < -0.3 is 20.7 Å². The highest BCUT2D eigenvalue weighted by Crippen LogP contribution is 2.09. The van der Waals surface area contributed by atoms with E-state index in [0.717, 1.165) is 0 Å². The molecule has 3 atom stereocenters. The third-order valence-corrected chi connectivity index (χ3v) is 4.25. The molecule has 3 amide bonds. The Hall–Kier alpha value is -2.65. The van der Waals surface area contributed by atoms with Crippen LogP contribution >= 0.6 is 0 Å². The van der Waals surface area contributed by atoms with E-state index >= 15 is 0 Å². The van der Waals surface area contributed by atoms with Crippen molar-refractivity contribution in [3.05, 3.63) is 0 Å². The molecule has 0 spiro atoms. The van der Waals surface area contributed by atoms with E-state index in [0.29, 0.717) is 38.5 Å². The SMILES string of the molecule is CC(=O)N[C@@H](CC(C)C)C(=O)N[C@@H](CC(C)C)C(=O)NC(C=O)CCC[NH+]=C(N)N. The Morgan fingerprint density at radius 2 is 1.40 bits per heavy atom. The molecule has 0 heterocycles. The van der Waals surface area contributed by atoms with Gasteiger partial charge in [-0.2, -0.15) is 0 Å². The number of hydrogen-bond acceptors (Lipinski definition) is 4. The molecule has 0 radical (unpaired) electrons. The van der Waals surface area contributed by atoms with Gasteiger partial charge in [0, 0.05) is 6.92 Å². The van der Waals surface area contributed by atoms with E-state index in [4.69, 9.17) is 11.5 Å². The van der Waals surface area contributed by atoms with Crippen molar-refractivity contribution in [3.63, 3.8) is 0 Å². The van der Waals surface area contributed by atoms with Crippen LogP contribution in [0.1, 0.15) is 60.3 Å².